The van der Waals surface area contributed by atoms with Gasteiger partial charge in [-0.1, -0.05) is 206 Å². The second-order valence-electron chi connectivity index (χ2n) is 34.6. The van der Waals surface area contributed by atoms with Crippen LogP contribution >= 0.6 is 0 Å². The number of hydrogen-bond acceptors (Lipinski definition) is 7. The average molecular weight is 1390 g/mol. The molecular weight excluding hydrogens is 1280 g/mol. The first kappa shape index (κ1) is 78.6. The van der Waals surface area contributed by atoms with Crippen LogP contribution in [0.3, 0.4) is 0 Å². The first-order valence-electron chi connectivity index (χ1n) is 36.9. The van der Waals surface area contributed by atoms with Crippen molar-refractivity contribution in [3.8, 4) is 0 Å². The van der Waals surface area contributed by atoms with E-state index in [-0.39, 0.29) is 54.4 Å². The van der Waals surface area contributed by atoms with Crippen LogP contribution < -0.4 is 0 Å². The summed E-state index contributed by atoms with van der Waals surface area (Å²) in [5, 5.41) is 36.1. The van der Waals surface area contributed by atoms with Gasteiger partial charge in [-0.2, -0.15) is 0 Å². The number of aliphatic carboxylic acids is 1. The summed E-state index contributed by atoms with van der Waals surface area (Å²) in [6.07, 6.45) is 25.8. The Morgan fingerprint density at radius 2 is 0.903 bits per heavy atom. The SMILES string of the molecule is C=C(c1ccc(C(=O)O)cc1)c1cc2c(cc1C)C(C)(C)CCC2(C)C.CC1(C)CCC(C)(C)c2cc(C3(c4ccc(C(=O)O)cc4)OCCO3)ccc21.CC1=C(/C=C/C(C)=C\C=C\C(C)=C\C(=O)O)C(C)(C)CCC1.Cc1cc2c(cc1C1(c3ccc(C(=O)O)cn3)CC1)C(C)(C)CCC2(C)C. The zero-order valence-electron chi connectivity index (χ0n) is 64.9. The molecule has 103 heavy (non-hydrogen) atoms. The predicted molar refractivity (Wildman–Crippen MR) is 417 cm³/mol. The van der Waals surface area contributed by atoms with E-state index in [1.54, 1.807) is 55.5 Å². The van der Waals surface area contributed by atoms with Gasteiger partial charge >= 0.3 is 23.9 Å². The normalized spacial score (nSPS) is 20.3. The van der Waals surface area contributed by atoms with Crippen molar-refractivity contribution < 1.29 is 49.1 Å². The summed E-state index contributed by atoms with van der Waals surface area (Å²) in [5.74, 6) is -4.66. The van der Waals surface area contributed by atoms with Gasteiger partial charge in [0.15, 0.2) is 0 Å². The van der Waals surface area contributed by atoms with E-state index in [1.165, 1.54) is 125 Å². The Labute approximate surface area is 614 Å². The number of carboxylic acids is 4. The maximum Gasteiger partial charge on any atom is 0.337 e. The van der Waals surface area contributed by atoms with E-state index in [0.717, 1.165) is 63.9 Å². The van der Waals surface area contributed by atoms with Gasteiger partial charge in [-0.15, -0.1) is 0 Å². The zero-order chi connectivity index (χ0) is 75.8. The summed E-state index contributed by atoms with van der Waals surface area (Å²) in [6.45, 7) is 48.4. The smallest absolute Gasteiger partial charge is 0.337 e. The minimum atomic E-state index is -0.982. The molecule has 2 heterocycles. The molecule has 11 nitrogen and oxygen atoms in total. The standard InChI is InChI=1S/C24H29NO2.C24H28O4.C24H28O2.C20H28O2/c1-15-12-18-19(23(4,5)9-8-22(18,2)3)13-17(15)24(10-11-24)20-7-6-16(14-25-20)21(26)27;1-22(2)11-12-23(3,4)20-15-18(9-10-19(20)22)24(27-13-14-28-24)17-7-5-16(6-8-17)21(25)26;1-15-13-20-21(24(5,6)12-11-23(20,3)4)14-19(15)16(2)17-7-9-18(10-8-17)22(25)26;1-15(8-6-9-16(2)14-19(21)22)11-12-18-17(3)10-7-13-20(18,4)5/h6-7,12-14H,8-11H2,1-5H3,(H,26,27);5-10,15H,11-14H2,1-4H3,(H,25,26);7-10,13-14H,2,11-12H2,1,3-6H3,(H,25,26);6,8-9,11-12,14H,7,10,13H2,1-5H3,(H,21,22)/b;;;9-6+,12-11+,15-8-,16-14+. The number of nitrogens with zero attached hydrogens (tertiary/aromatic N) is 1. The highest BCUT2D eigenvalue weighted by Crippen LogP contribution is 2.57. The van der Waals surface area contributed by atoms with Gasteiger partial charge in [0.05, 0.1) is 35.6 Å². The summed E-state index contributed by atoms with van der Waals surface area (Å²) in [5.41, 5.74) is 25.2. The topological polar surface area (TPSA) is 181 Å². The molecule has 1 saturated carbocycles. The van der Waals surface area contributed by atoms with Crippen molar-refractivity contribution in [2.75, 3.05) is 13.2 Å². The largest absolute Gasteiger partial charge is 0.478 e. The maximum absolute atomic E-state index is 11.2. The summed E-state index contributed by atoms with van der Waals surface area (Å²) in [7, 11) is 0. The van der Waals surface area contributed by atoms with Crippen LogP contribution in [-0.4, -0.2) is 62.5 Å². The molecule has 1 aromatic heterocycles. The van der Waals surface area contributed by atoms with Crippen LogP contribution in [0.2, 0.25) is 0 Å². The lowest BCUT2D eigenvalue weighted by Crippen LogP contribution is -2.35. The fourth-order valence-corrected chi connectivity index (χ4v) is 16.3. The van der Waals surface area contributed by atoms with E-state index in [4.69, 9.17) is 24.8 Å². The molecule has 11 heteroatoms. The first-order chi connectivity index (χ1) is 48.0. The molecule has 5 aliphatic carbocycles. The third kappa shape index (κ3) is 17.2. The average Bonchev–Trinajstić information content (AvgIpc) is 1.69. The molecule has 5 aromatic carbocycles. The van der Waals surface area contributed by atoms with Gasteiger partial charge in [0, 0.05) is 28.8 Å². The van der Waals surface area contributed by atoms with E-state index in [9.17, 15) is 24.3 Å². The van der Waals surface area contributed by atoms with Crippen LogP contribution in [0, 0.1) is 19.3 Å². The van der Waals surface area contributed by atoms with Gasteiger partial charge in [0.25, 0.3) is 0 Å². The third-order valence-electron chi connectivity index (χ3n) is 23.5. The Morgan fingerprint density at radius 1 is 0.456 bits per heavy atom. The number of pyridine rings is 1. The molecule has 546 valence electrons. The molecule has 0 atom stereocenters. The highest BCUT2D eigenvalue weighted by molar-refractivity contribution is 5.90. The Hall–Kier alpha value is -8.51. The van der Waals surface area contributed by atoms with E-state index in [0.29, 0.717) is 18.8 Å². The quantitative estimate of drug-likeness (QED) is 0.0602. The van der Waals surface area contributed by atoms with Gasteiger partial charge in [-0.25, -0.2) is 19.2 Å². The van der Waals surface area contributed by atoms with Gasteiger partial charge in [0.2, 0.25) is 5.79 Å². The molecule has 6 aliphatic rings. The molecule has 0 bridgehead atoms. The summed E-state index contributed by atoms with van der Waals surface area (Å²) < 4.78 is 12.3. The highest BCUT2D eigenvalue weighted by Gasteiger charge is 2.50. The molecule has 1 saturated heterocycles. The number of aromatic carboxylic acids is 3. The lowest BCUT2D eigenvalue weighted by Gasteiger charge is -2.43. The molecule has 0 spiro atoms. The molecule has 0 unspecified atom stereocenters. The van der Waals surface area contributed by atoms with Crippen LogP contribution in [0.5, 0.6) is 0 Å². The second-order valence-corrected chi connectivity index (χ2v) is 34.6. The molecule has 4 N–H and O–H groups in total. The Bertz CT molecular complexity index is 4390. The van der Waals surface area contributed by atoms with Crippen molar-refractivity contribution >= 4 is 29.5 Å². The monoisotopic (exact) mass is 1390 g/mol. The highest BCUT2D eigenvalue weighted by atomic mass is 16.7. The molecule has 12 rings (SSSR count). The second kappa shape index (κ2) is 29.9. The molecule has 2 fully saturated rings. The number of benzene rings is 5. The van der Waals surface area contributed by atoms with E-state index in [1.807, 2.05) is 30.4 Å². The van der Waals surface area contributed by atoms with E-state index < -0.39 is 29.7 Å². The number of carbonyl (C=O) groups is 4. The number of ether oxygens (including phenoxy) is 2. The number of allylic oxidation sites excluding steroid dienone is 9. The van der Waals surface area contributed by atoms with Crippen molar-refractivity contribution in [1.29, 1.82) is 0 Å². The first-order valence-corrected chi connectivity index (χ1v) is 36.9. The van der Waals surface area contributed by atoms with E-state index >= 15 is 0 Å². The van der Waals surface area contributed by atoms with Crippen molar-refractivity contribution in [2.45, 2.75) is 246 Å². The molecule has 0 amide bonds. The van der Waals surface area contributed by atoms with Crippen LogP contribution in [0.4, 0.5) is 0 Å². The molecule has 1 aliphatic heterocycles. The van der Waals surface area contributed by atoms with Gasteiger partial charge in [-0.3, -0.25) is 4.98 Å². The number of aryl methyl sites for hydroxylation is 2. The molecule has 0 radical (unpaired) electrons. The Kier molecular flexibility index (Phi) is 22.8. The third-order valence-corrected chi connectivity index (χ3v) is 23.5. The zero-order valence-corrected chi connectivity index (χ0v) is 64.9. The van der Waals surface area contributed by atoms with E-state index in [2.05, 4.69) is 191 Å². The number of aromatic nitrogens is 1. The van der Waals surface area contributed by atoms with Crippen LogP contribution in [0.1, 0.15) is 297 Å². The fourth-order valence-electron chi connectivity index (χ4n) is 16.3. The maximum atomic E-state index is 11.2. The Morgan fingerprint density at radius 3 is 1.38 bits per heavy atom. The fraction of sp³-hybridized carbons (Fsp3) is 0.446. The van der Waals surface area contributed by atoms with Crippen molar-refractivity contribution in [2.24, 2.45) is 5.41 Å². The number of rotatable bonds is 14. The number of carboxylic acid groups (broad SMARTS) is 4. The number of fused-ring (bicyclic) bond motifs is 3. The van der Waals surface area contributed by atoms with Crippen LogP contribution in [0.25, 0.3) is 5.57 Å². The van der Waals surface area contributed by atoms with Gasteiger partial charge < -0.3 is 29.9 Å². The van der Waals surface area contributed by atoms with Crippen molar-refractivity contribution in [3.05, 3.63) is 269 Å². The summed E-state index contributed by atoms with van der Waals surface area (Å²) in [4.78, 5) is 48.5. The molecule has 6 aromatic rings. The summed E-state index contributed by atoms with van der Waals surface area (Å²) >= 11 is 0. The minimum absolute atomic E-state index is 0.0478. The van der Waals surface area contributed by atoms with Crippen molar-refractivity contribution in [3.63, 3.8) is 0 Å². The lowest BCUT2D eigenvalue weighted by atomic mass is 9.62. The van der Waals surface area contributed by atoms with Crippen molar-refractivity contribution in [1.82, 2.24) is 4.98 Å². The minimum Gasteiger partial charge on any atom is -0.478 e. The van der Waals surface area contributed by atoms with Crippen LogP contribution in [-0.2, 0) is 58.0 Å². The summed E-state index contributed by atoms with van der Waals surface area (Å²) in [6, 6.07) is 33.5. The van der Waals surface area contributed by atoms with Gasteiger partial charge in [-0.05, 0) is 264 Å². The van der Waals surface area contributed by atoms with Crippen LogP contribution in [0.15, 0.2) is 175 Å². The lowest BCUT2D eigenvalue weighted by molar-refractivity contribution is -0.131. The molecular formula is C92H113NO10. The Balaban J connectivity index is 0.000000160. The van der Waals surface area contributed by atoms with Gasteiger partial charge in [0.1, 0.15) is 0 Å². The predicted octanol–water partition coefficient (Wildman–Crippen LogP) is 22.2. The number of hydrogen-bond donors (Lipinski definition) is 4.